The quantitative estimate of drug-likeness (QED) is 0.818. The van der Waals surface area contributed by atoms with Crippen molar-refractivity contribution in [3.63, 3.8) is 0 Å². The van der Waals surface area contributed by atoms with E-state index >= 15 is 0 Å². The van der Waals surface area contributed by atoms with Gasteiger partial charge in [-0.2, -0.15) is 4.98 Å². The Morgan fingerprint density at radius 3 is 3.06 bits per heavy atom. The zero-order valence-corrected chi connectivity index (χ0v) is 10.1. The molecule has 1 fully saturated rings. The maximum absolute atomic E-state index is 12.1. The van der Waals surface area contributed by atoms with E-state index in [9.17, 15) is 9.90 Å². The normalized spacial score (nSPS) is 25.0. The third kappa shape index (κ3) is 2.31. The summed E-state index contributed by atoms with van der Waals surface area (Å²) in [5.41, 5.74) is 0. The summed E-state index contributed by atoms with van der Waals surface area (Å²) in [5.74, 6) is 0.254. The predicted molar refractivity (Wildman–Crippen MR) is 59.4 cm³/mol. The summed E-state index contributed by atoms with van der Waals surface area (Å²) in [7, 11) is 0. The second kappa shape index (κ2) is 4.83. The van der Waals surface area contributed by atoms with Gasteiger partial charge < -0.3 is 14.5 Å². The fourth-order valence-corrected chi connectivity index (χ4v) is 2.02. The van der Waals surface area contributed by atoms with Crippen LogP contribution < -0.4 is 0 Å². The van der Waals surface area contributed by atoms with Crippen molar-refractivity contribution in [2.24, 2.45) is 0 Å². The van der Waals surface area contributed by atoms with Crippen LogP contribution in [-0.2, 0) is 6.42 Å². The minimum absolute atomic E-state index is 0.0165. The lowest BCUT2D eigenvalue weighted by atomic mass is 10.0. The summed E-state index contributed by atoms with van der Waals surface area (Å²) in [4.78, 5) is 17.7. The highest BCUT2D eigenvalue weighted by atomic mass is 16.5. The maximum atomic E-state index is 12.1. The third-order valence-corrected chi connectivity index (χ3v) is 3.18. The number of hydrogen-bond donors (Lipinski definition) is 1. The van der Waals surface area contributed by atoms with E-state index in [0.29, 0.717) is 18.8 Å². The molecule has 0 aromatic carbocycles. The molecule has 1 aliphatic rings. The topological polar surface area (TPSA) is 79.5 Å². The van der Waals surface area contributed by atoms with Crippen molar-refractivity contribution in [2.75, 3.05) is 6.54 Å². The molecule has 0 saturated carbocycles. The molecule has 6 nitrogen and oxygen atoms in total. The Kier molecular flexibility index (Phi) is 3.42. The van der Waals surface area contributed by atoms with E-state index in [1.807, 2.05) is 13.8 Å². The van der Waals surface area contributed by atoms with Crippen LogP contribution in [0.4, 0.5) is 0 Å². The third-order valence-electron chi connectivity index (χ3n) is 3.18. The van der Waals surface area contributed by atoms with Crippen LogP contribution in [0.15, 0.2) is 4.52 Å². The number of aryl methyl sites for hydroxylation is 1. The summed E-state index contributed by atoms with van der Waals surface area (Å²) in [5, 5.41) is 13.4. The van der Waals surface area contributed by atoms with E-state index in [1.165, 1.54) is 0 Å². The number of rotatable bonds is 2. The van der Waals surface area contributed by atoms with Crippen molar-refractivity contribution in [1.29, 1.82) is 0 Å². The SMILES string of the molecule is CCc1noc(C(=O)N2CCC[C@@H](O)[C@H]2C)n1. The minimum Gasteiger partial charge on any atom is -0.391 e. The summed E-state index contributed by atoms with van der Waals surface area (Å²) in [6, 6.07) is -0.201. The van der Waals surface area contributed by atoms with Crippen LogP contribution in [0.3, 0.4) is 0 Å². The zero-order valence-electron chi connectivity index (χ0n) is 10.1. The number of carbonyl (C=O) groups excluding carboxylic acids is 1. The van der Waals surface area contributed by atoms with Crippen molar-refractivity contribution in [2.45, 2.75) is 45.3 Å². The Morgan fingerprint density at radius 2 is 2.41 bits per heavy atom. The van der Waals surface area contributed by atoms with Gasteiger partial charge in [0.25, 0.3) is 0 Å². The molecule has 0 aliphatic carbocycles. The molecule has 2 heterocycles. The summed E-state index contributed by atoms with van der Waals surface area (Å²) in [6.07, 6.45) is 1.69. The minimum atomic E-state index is -0.471. The van der Waals surface area contributed by atoms with E-state index in [4.69, 9.17) is 4.52 Å². The molecule has 6 heteroatoms. The van der Waals surface area contributed by atoms with Gasteiger partial charge in [0.15, 0.2) is 5.82 Å². The van der Waals surface area contributed by atoms with E-state index in [1.54, 1.807) is 4.90 Å². The molecule has 1 aliphatic heterocycles. The molecular formula is C11H17N3O3. The lowest BCUT2D eigenvalue weighted by Crippen LogP contribution is -2.49. The first-order valence-electron chi connectivity index (χ1n) is 5.95. The Hall–Kier alpha value is -1.43. The average molecular weight is 239 g/mol. The summed E-state index contributed by atoms with van der Waals surface area (Å²) < 4.78 is 4.92. The van der Waals surface area contributed by atoms with Gasteiger partial charge in [-0.05, 0) is 19.8 Å². The largest absolute Gasteiger partial charge is 0.391 e. The van der Waals surface area contributed by atoms with Crippen molar-refractivity contribution < 1.29 is 14.4 Å². The molecular weight excluding hydrogens is 222 g/mol. The van der Waals surface area contributed by atoms with Gasteiger partial charge in [0.05, 0.1) is 12.1 Å². The molecule has 1 N–H and O–H groups in total. The van der Waals surface area contributed by atoms with Gasteiger partial charge in [-0.1, -0.05) is 12.1 Å². The highest BCUT2D eigenvalue weighted by molar-refractivity contribution is 5.89. The van der Waals surface area contributed by atoms with Gasteiger partial charge in [0.2, 0.25) is 0 Å². The fraction of sp³-hybridized carbons (Fsp3) is 0.727. The average Bonchev–Trinajstić information content (AvgIpc) is 2.80. The zero-order chi connectivity index (χ0) is 12.4. The molecule has 1 amide bonds. The van der Waals surface area contributed by atoms with Crippen molar-refractivity contribution in [1.82, 2.24) is 15.0 Å². The molecule has 94 valence electrons. The van der Waals surface area contributed by atoms with E-state index in [0.717, 1.165) is 12.8 Å². The molecule has 1 aromatic rings. The number of likely N-dealkylation sites (tertiary alicyclic amines) is 1. The van der Waals surface area contributed by atoms with E-state index in [2.05, 4.69) is 10.1 Å². The van der Waals surface area contributed by atoms with Crippen LogP contribution in [-0.4, -0.2) is 44.7 Å². The van der Waals surface area contributed by atoms with Gasteiger partial charge >= 0.3 is 11.8 Å². The highest BCUT2D eigenvalue weighted by Crippen LogP contribution is 2.19. The van der Waals surface area contributed by atoms with E-state index < -0.39 is 6.10 Å². The number of nitrogens with zero attached hydrogens (tertiary/aromatic N) is 3. The number of hydrogen-bond acceptors (Lipinski definition) is 5. The summed E-state index contributed by atoms with van der Waals surface area (Å²) >= 11 is 0. The van der Waals surface area contributed by atoms with Crippen molar-refractivity contribution >= 4 is 5.91 Å². The van der Waals surface area contributed by atoms with Crippen molar-refractivity contribution in [3.8, 4) is 0 Å². The molecule has 0 unspecified atom stereocenters. The first-order chi connectivity index (χ1) is 8.13. The number of carbonyl (C=O) groups is 1. The molecule has 0 bridgehead atoms. The predicted octanol–water partition coefficient (Wildman–Crippen LogP) is 0.617. The van der Waals surface area contributed by atoms with Gasteiger partial charge in [-0.25, -0.2) is 0 Å². The van der Waals surface area contributed by atoms with Crippen LogP contribution in [0.1, 0.15) is 43.2 Å². The van der Waals surface area contributed by atoms with Gasteiger partial charge in [-0.3, -0.25) is 4.79 Å². The van der Waals surface area contributed by atoms with Crippen LogP contribution in [0.5, 0.6) is 0 Å². The molecule has 2 atom stereocenters. The van der Waals surface area contributed by atoms with Gasteiger partial charge in [-0.15, -0.1) is 0 Å². The molecule has 0 radical (unpaired) electrons. The Morgan fingerprint density at radius 1 is 1.65 bits per heavy atom. The fourth-order valence-electron chi connectivity index (χ4n) is 2.02. The van der Waals surface area contributed by atoms with Crippen molar-refractivity contribution in [3.05, 3.63) is 11.7 Å². The van der Waals surface area contributed by atoms with Gasteiger partial charge in [0, 0.05) is 13.0 Å². The molecule has 1 saturated heterocycles. The Balaban J connectivity index is 2.13. The standard InChI is InChI=1S/C11H17N3O3/c1-3-9-12-10(17-13-9)11(16)14-6-4-5-8(15)7(14)2/h7-8,15H,3-6H2,1-2H3/t7-,8-/m1/s1. The number of aliphatic hydroxyl groups is 1. The van der Waals surface area contributed by atoms with Crippen LogP contribution in [0.2, 0.25) is 0 Å². The summed E-state index contributed by atoms with van der Waals surface area (Å²) in [6.45, 7) is 4.35. The molecule has 17 heavy (non-hydrogen) atoms. The highest BCUT2D eigenvalue weighted by Gasteiger charge is 2.32. The monoisotopic (exact) mass is 239 g/mol. The van der Waals surface area contributed by atoms with Gasteiger partial charge in [0.1, 0.15) is 0 Å². The van der Waals surface area contributed by atoms with Crippen LogP contribution >= 0.6 is 0 Å². The number of aromatic nitrogens is 2. The second-order valence-corrected chi connectivity index (χ2v) is 4.32. The maximum Gasteiger partial charge on any atom is 0.316 e. The van der Waals surface area contributed by atoms with Crippen LogP contribution in [0, 0.1) is 0 Å². The second-order valence-electron chi connectivity index (χ2n) is 4.32. The van der Waals surface area contributed by atoms with E-state index in [-0.39, 0.29) is 17.8 Å². The molecule has 1 aromatic heterocycles. The number of aliphatic hydroxyl groups excluding tert-OH is 1. The lowest BCUT2D eigenvalue weighted by Gasteiger charge is -2.35. The number of piperidine rings is 1. The van der Waals surface area contributed by atoms with Crippen LogP contribution in [0.25, 0.3) is 0 Å². The lowest BCUT2D eigenvalue weighted by molar-refractivity contribution is 0.0151. The molecule has 0 spiro atoms. The first-order valence-corrected chi connectivity index (χ1v) is 5.95. The Bertz CT molecular complexity index is 404. The number of amides is 1. The molecule has 2 rings (SSSR count). The Labute approximate surface area is 99.6 Å². The smallest absolute Gasteiger partial charge is 0.316 e. The first kappa shape index (κ1) is 12.0.